The van der Waals surface area contributed by atoms with E-state index in [1.54, 1.807) is 28.0 Å². The second-order valence-corrected chi connectivity index (χ2v) is 21.6. The molecule has 2 aromatic carbocycles. The summed E-state index contributed by atoms with van der Waals surface area (Å²) in [4.78, 5) is 58.9. The van der Waals surface area contributed by atoms with E-state index in [1.807, 2.05) is 64.6 Å². The average Bonchev–Trinajstić information content (AvgIpc) is 4.15. The largest absolute Gasteiger partial charge is 0.454 e. The van der Waals surface area contributed by atoms with Crippen molar-refractivity contribution in [3.05, 3.63) is 67.6 Å². The van der Waals surface area contributed by atoms with Crippen LogP contribution in [-0.2, 0) is 9.47 Å². The van der Waals surface area contributed by atoms with Crippen molar-refractivity contribution in [2.45, 2.75) is 153 Å². The molecule has 4 aliphatic heterocycles. The Bertz CT molecular complexity index is 1950. The third kappa shape index (κ3) is 12.2. The molecule has 2 aliphatic carbocycles. The van der Waals surface area contributed by atoms with E-state index in [1.165, 1.54) is 0 Å². The van der Waals surface area contributed by atoms with Crippen molar-refractivity contribution in [3.8, 4) is 0 Å². The summed E-state index contributed by atoms with van der Waals surface area (Å²) in [6.07, 6.45) is 11.0. The lowest BCUT2D eigenvalue weighted by Gasteiger charge is -2.45. The van der Waals surface area contributed by atoms with E-state index in [-0.39, 0.29) is 40.9 Å². The number of carbonyl (C=O) groups excluding carboxylic acids is 4. The zero-order valence-electron chi connectivity index (χ0n) is 37.2. The van der Waals surface area contributed by atoms with E-state index in [0.717, 1.165) is 111 Å². The fourth-order valence-electron chi connectivity index (χ4n) is 9.13. The Morgan fingerprint density at radius 1 is 0.645 bits per heavy atom. The van der Waals surface area contributed by atoms with Crippen LogP contribution in [0.15, 0.2) is 40.9 Å². The highest BCUT2D eigenvalue weighted by Gasteiger charge is 2.48. The molecule has 340 valence electrons. The van der Waals surface area contributed by atoms with Crippen molar-refractivity contribution in [1.29, 1.82) is 0 Å². The molecule has 62 heavy (non-hydrogen) atoms. The maximum atomic E-state index is 13.4. The summed E-state index contributed by atoms with van der Waals surface area (Å²) in [5, 5.41) is 17.9. The van der Waals surface area contributed by atoms with Crippen LogP contribution in [0.4, 0.5) is 9.59 Å². The van der Waals surface area contributed by atoms with Crippen molar-refractivity contribution < 1.29 is 38.7 Å². The summed E-state index contributed by atoms with van der Waals surface area (Å²) in [6.45, 7) is 15.3. The van der Waals surface area contributed by atoms with Gasteiger partial charge in [-0.05, 0) is 175 Å². The highest BCUT2D eigenvalue weighted by Crippen LogP contribution is 2.45. The summed E-state index contributed by atoms with van der Waals surface area (Å²) in [7, 11) is -1.04. The van der Waals surface area contributed by atoms with E-state index in [4.69, 9.17) is 42.7 Å². The van der Waals surface area contributed by atoms with Crippen molar-refractivity contribution in [2.75, 3.05) is 39.3 Å². The van der Waals surface area contributed by atoms with Crippen LogP contribution in [0.5, 0.6) is 0 Å². The van der Waals surface area contributed by atoms with Crippen molar-refractivity contribution >= 4 is 70.3 Å². The molecular weight excluding hydrogens is 898 g/mol. The van der Waals surface area contributed by atoms with Gasteiger partial charge in [-0.1, -0.05) is 36.0 Å². The Labute approximate surface area is 386 Å². The van der Waals surface area contributed by atoms with Crippen LogP contribution >= 0.6 is 39.1 Å². The Hall–Kier alpha value is -3.04. The molecule has 2 N–H and O–H groups in total. The average molecular weight is 963 g/mol. The van der Waals surface area contributed by atoms with Crippen LogP contribution in [0.3, 0.4) is 0 Å². The van der Waals surface area contributed by atoms with Gasteiger partial charge in [0.15, 0.2) is 0 Å². The molecular formula is C46H64BBrCl2N4O8. The predicted octanol–water partition coefficient (Wildman–Crippen LogP) is 9.95. The van der Waals surface area contributed by atoms with Gasteiger partial charge >= 0.3 is 19.3 Å². The molecule has 6 fully saturated rings. The lowest BCUT2D eigenvalue weighted by molar-refractivity contribution is 0.00312. The zero-order valence-corrected chi connectivity index (χ0v) is 40.3. The van der Waals surface area contributed by atoms with E-state index in [0.29, 0.717) is 42.7 Å². The molecule has 8 rings (SSSR count). The molecule has 0 unspecified atom stereocenters. The lowest BCUT2D eigenvalue weighted by Crippen LogP contribution is -2.55. The normalized spacial score (nSPS) is 20.6. The fraction of sp³-hybridized carbons (Fsp3) is 0.652. The van der Waals surface area contributed by atoms with Crippen LogP contribution in [0.1, 0.15) is 151 Å². The first-order valence-electron chi connectivity index (χ1n) is 22.3. The maximum Gasteiger partial charge on any atom is 0.454 e. The molecule has 4 amide bonds. The Balaban J connectivity index is 0.000000182. The van der Waals surface area contributed by atoms with Crippen LogP contribution < -0.4 is 0 Å². The third-order valence-corrected chi connectivity index (χ3v) is 14.4. The molecule has 0 atom stereocenters. The number of hydrogen-bond acceptors (Lipinski definition) is 8. The van der Waals surface area contributed by atoms with Gasteiger partial charge in [0, 0.05) is 71.0 Å². The number of rotatable bonds is 4. The number of amides is 4. The minimum Gasteiger partial charge on any atom is -0.444 e. The molecule has 2 aromatic rings. The first-order chi connectivity index (χ1) is 29.1. The molecule has 2 saturated carbocycles. The Morgan fingerprint density at radius 3 is 1.42 bits per heavy atom. The number of piperidine rings is 2. The Kier molecular flexibility index (Phi) is 15.3. The second-order valence-electron chi connectivity index (χ2n) is 19.9. The first kappa shape index (κ1) is 48.4. The number of nitrogens with zero attached hydrogens (tertiary/aromatic N) is 4. The molecule has 2 spiro atoms. The number of halogens is 3. The standard InChI is InChI=1S/C23H31ClN2O3.C20H26BrClN2O3.C3H7BO2/c1-22(2,3)29-21(28)25-13-10-23(11-14-25)9-4-12-26(23)20(27)17-7-8-19(24)18(15-17)16-5-6-16;1-19(2,3)27-18(26)23-11-8-20(9-12-23)7-4-10-24(20)17(25)14-5-6-16(22)15(21)13-14;5-4(6)3-1-2-3/h7-8,15-16H,4-6,9-14H2,1-3H3;5-6,13H,4,7-12H2,1-3H3;3,5-6H,1-2H2. The maximum absolute atomic E-state index is 13.4. The van der Waals surface area contributed by atoms with Gasteiger partial charge in [-0.25, -0.2) is 9.59 Å². The highest BCUT2D eigenvalue weighted by atomic mass is 79.9. The molecule has 4 saturated heterocycles. The van der Waals surface area contributed by atoms with Crippen LogP contribution in [-0.4, -0.2) is 122 Å². The second kappa shape index (κ2) is 19.6. The predicted molar refractivity (Wildman–Crippen MR) is 246 cm³/mol. The monoisotopic (exact) mass is 960 g/mol. The molecule has 6 aliphatic rings. The SMILES string of the molecule is CC(C)(C)OC(=O)N1CCC2(CCCN2C(=O)c2ccc(Cl)c(Br)c2)CC1.CC(C)(C)OC(=O)N1CCC2(CCCN2C(=O)c2ccc(Cl)c(C3CC3)c2)CC1.OB(O)C1CC1. The molecule has 0 aromatic heterocycles. The summed E-state index contributed by atoms with van der Waals surface area (Å²) >= 11 is 15.8. The fourth-order valence-corrected chi connectivity index (χ4v) is 9.90. The number of carbonyl (C=O) groups is 4. The van der Waals surface area contributed by atoms with Crippen molar-refractivity contribution in [1.82, 2.24) is 19.6 Å². The van der Waals surface area contributed by atoms with Gasteiger partial charge in [0.2, 0.25) is 0 Å². The molecule has 12 nitrogen and oxygen atoms in total. The smallest absolute Gasteiger partial charge is 0.444 e. The van der Waals surface area contributed by atoms with E-state index in [2.05, 4.69) is 20.8 Å². The van der Waals surface area contributed by atoms with E-state index < -0.39 is 18.3 Å². The quantitative estimate of drug-likeness (QED) is 0.289. The van der Waals surface area contributed by atoms with Gasteiger partial charge in [0.05, 0.1) is 5.02 Å². The molecule has 0 radical (unpaired) electrons. The molecule has 0 bridgehead atoms. The third-order valence-electron chi connectivity index (χ3n) is 12.8. The van der Waals surface area contributed by atoms with E-state index >= 15 is 0 Å². The van der Waals surface area contributed by atoms with Crippen LogP contribution in [0, 0.1) is 0 Å². The first-order valence-corrected chi connectivity index (χ1v) is 23.9. The van der Waals surface area contributed by atoms with Gasteiger partial charge in [-0.15, -0.1) is 0 Å². The topological polar surface area (TPSA) is 140 Å². The van der Waals surface area contributed by atoms with Gasteiger partial charge in [0.25, 0.3) is 11.8 Å². The van der Waals surface area contributed by atoms with Gasteiger partial charge in [-0.3, -0.25) is 9.59 Å². The molecule has 16 heteroatoms. The highest BCUT2D eigenvalue weighted by molar-refractivity contribution is 9.10. The summed E-state index contributed by atoms with van der Waals surface area (Å²) < 4.78 is 11.7. The minimum atomic E-state index is -1.04. The van der Waals surface area contributed by atoms with E-state index in [9.17, 15) is 19.2 Å². The summed E-state index contributed by atoms with van der Waals surface area (Å²) in [5.41, 5.74) is 1.20. The van der Waals surface area contributed by atoms with Gasteiger partial charge in [-0.2, -0.15) is 0 Å². The number of benzene rings is 2. The Morgan fingerprint density at radius 2 is 1.06 bits per heavy atom. The number of ether oxygens (including phenoxy) is 2. The van der Waals surface area contributed by atoms with Crippen molar-refractivity contribution in [3.63, 3.8) is 0 Å². The zero-order chi connectivity index (χ0) is 45.2. The molecule has 4 heterocycles. The van der Waals surface area contributed by atoms with Crippen molar-refractivity contribution in [2.24, 2.45) is 0 Å². The minimum absolute atomic E-state index is 0.0376. The van der Waals surface area contributed by atoms with Gasteiger partial charge in [0.1, 0.15) is 11.2 Å². The lowest BCUT2D eigenvalue weighted by atomic mass is 9.84. The number of hydrogen-bond donors (Lipinski definition) is 2. The summed E-state index contributed by atoms with van der Waals surface area (Å²) in [5.74, 6) is 0.868. The summed E-state index contributed by atoms with van der Waals surface area (Å²) in [6, 6.07) is 11.0. The van der Waals surface area contributed by atoms with Crippen LogP contribution in [0.25, 0.3) is 0 Å². The van der Waals surface area contributed by atoms with Gasteiger partial charge < -0.3 is 39.1 Å². The number of likely N-dealkylation sites (tertiary alicyclic amines) is 4. The van der Waals surface area contributed by atoms with Crippen LogP contribution in [0.2, 0.25) is 15.9 Å².